The van der Waals surface area contributed by atoms with Crippen LogP contribution >= 0.6 is 11.6 Å². The lowest BCUT2D eigenvalue weighted by atomic mass is 10.3. The Bertz CT molecular complexity index is 612. The van der Waals surface area contributed by atoms with Gasteiger partial charge in [-0.3, -0.25) is 0 Å². The average Bonchev–Trinajstić information content (AvgIpc) is 2.90. The summed E-state index contributed by atoms with van der Waals surface area (Å²) in [7, 11) is 1.39. The summed E-state index contributed by atoms with van der Waals surface area (Å²) in [4.78, 5) is 10.4. The van der Waals surface area contributed by atoms with Gasteiger partial charge in [0.05, 0.1) is 13.2 Å². The number of anilines is 1. The number of aliphatic hydroxyl groups is 1. The number of hydrogen-bond donors (Lipinski definition) is 1. The summed E-state index contributed by atoms with van der Waals surface area (Å²) in [5, 5.41) is 9.81. The lowest BCUT2D eigenvalue weighted by Crippen LogP contribution is -2.36. The van der Waals surface area contributed by atoms with E-state index in [0.29, 0.717) is 43.2 Å². The monoisotopic (exact) mass is 299 g/mol. The molecule has 3 rings (SSSR count). The molecule has 0 radical (unpaired) electrons. The number of morpholine rings is 1. The fourth-order valence-electron chi connectivity index (χ4n) is 2.13. The van der Waals surface area contributed by atoms with Crippen molar-refractivity contribution >= 4 is 28.5 Å². The van der Waals surface area contributed by atoms with Gasteiger partial charge in [0.1, 0.15) is 5.52 Å². The molecule has 1 saturated heterocycles. The van der Waals surface area contributed by atoms with Gasteiger partial charge in [0.25, 0.3) is 0 Å². The highest BCUT2D eigenvalue weighted by molar-refractivity contribution is 6.28. The van der Waals surface area contributed by atoms with E-state index < -0.39 is 6.29 Å². The second kappa shape index (κ2) is 5.53. The molecule has 2 aromatic rings. The fraction of sp³-hybridized carbons (Fsp3) is 0.500. The topological polar surface area (TPSA) is 80.9 Å². The summed E-state index contributed by atoms with van der Waals surface area (Å²) in [6.45, 7) is 2.64. The Morgan fingerprint density at radius 3 is 2.85 bits per heavy atom. The van der Waals surface area contributed by atoms with Gasteiger partial charge < -0.3 is 23.9 Å². The number of halogens is 1. The predicted molar refractivity (Wildman–Crippen MR) is 71.8 cm³/mol. The number of ether oxygens (including phenoxy) is 2. The Morgan fingerprint density at radius 1 is 1.40 bits per heavy atom. The summed E-state index contributed by atoms with van der Waals surface area (Å²) in [5.41, 5.74) is 1.03. The molecule has 20 heavy (non-hydrogen) atoms. The summed E-state index contributed by atoms with van der Waals surface area (Å²) >= 11 is 5.95. The van der Waals surface area contributed by atoms with Crippen LogP contribution in [0.15, 0.2) is 10.5 Å². The van der Waals surface area contributed by atoms with Crippen molar-refractivity contribution in [2.24, 2.45) is 0 Å². The van der Waals surface area contributed by atoms with E-state index in [1.165, 1.54) is 7.11 Å². The molecule has 0 aliphatic carbocycles. The summed E-state index contributed by atoms with van der Waals surface area (Å²) in [6.07, 6.45) is -1.14. The highest BCUT2D eigenvalue weighted by Crippen LogP contribution is 2.31. The van der Waals surface area contributed by atoms with Gasteiger partial charge in [-0.15, -0.1) is 0 Å². The highest BCUT2D eigenvalue weighted by Gasteiger charge is 2.22. The molecule has 1 aliphatic rings. The van der Waals surface area contributed by atoms with Crippen LogP contribution in [0.3, 0.4) is 0 Å². The molecule has 0 aromatic carbocycles. The van der Waals surface area contributed by atoms with Crippen LogP contribution in [0.1, 0.15) is 12.1 Å². The van der Waals surface area contributed by atoms with E-state index in [1.807, 2.05) is 4.90 Å². The van der Waals surface area contributed by atoms with Gasteiger partial charge >= 0.3 is 0 Å². The van der Waals surface area contributed by atoms with Crippen LogP contribution in [-0.4, -0.2) is 48.5 Å². The van der Waals surface area contributed by atoms with Crippen LogP contribution in [-0.2, 0) is 9.47 Å². The molecule has 1 aliphatic heterocycles. The molecule has 108 valence electrons. The van der Waals surface area contributed by atoms with E-state index in [9.17, 15) is 5.11 Å². The van der Waals surface area contributed by atoms with Crippen molar-refractivity contribution in [2.75, 3.05) is 38.3 Å². The molecule has 8 heteroatoms. The maximum Gasteiger partial charge on any atom is 0.225 e. The van der Waals surface area contributed by atoms with Crippen molar-refractivity contribution in [2.45, 2.75) is 6.29 Å². The molecular weight excluding hydrogens is 286 g/mol. The van der Waals surface area contributed by atoms with Crippen molar-refractivity contribution < 1.29 is 19.0 Å². The van der Waals surface area contributed by atoms with Crippen LogP contribution in [0, 0.1) is 0 Å². The van der Waals surface area contributed by atoms with Gasteiger partial charge in [0, 0.05) is 26.3 Å². The molecule has 2 aromatic heterocycles. The molecule has 0 saturated carbocycles. The summed E-state index contributed by atoms with van der Waals surface area (Å²) < 4.78 is 15.8. The number of fused-ring (bicyclic) bond motifs is 1. The van der Waals surface area contributed by atoms with E-state index in [-0.39, 0.29) is 11.0 Å². The molecule has 0 amide bonds. The zero-order valence-electron chi connectivity index (χ0n) is 10.9. The van der Waals surface area contributed by atoms with Crippen molar-refractivity contribution in [3.63, 3.8) is 0 Å². The minimum absolute atomic E-state index is 0.137. The quantitative estimate of drug-likeness (QED) is 0.677. The third-order valence-corrected chi connectivity index (χ3v) is 3.29. The number of furan rings is 1. The lowest BCUT2D eigenvalue weighted by Gasteiger charge is -2.27. The fourth-order valence-corrected chi connectivity index (χ4v) is 2.30. The van der Waals surface area contributed by atoms with E-state index in [1.54, 1.807) is 6.07 Å². The second-order valence-corrected chi connectivity index (χ2v) is 4.70. The number of methoxy groups -OCH3 is 1. The first-order chi connectivity index (χ1) is 9.69. The molecular formula is C12H14ClN3O4. The largest absolute Gasteiger partial charge is 0.450 e. The van der Waals surface area contributed by atoms with Gasteiger partial charge in [0.2, 0.25) is 11.6 Å². The van der Waals surface area contributed by atoms with Crippen molar-refractivity contribution in [3.05, 3.63) is 17.1 Å². The first-order valence-corrected chi connectivity index (χ1v) is 6.57. The smallest absolute Gasteiger partial charge is 0.225 e. The number of aliphatic hydroxyl groups excluding tert-OH is 1. The Kier molecular flexibility index (Phi) is 3.75. The third-order valence-electron chi connectivity index (χ3n) is 3.12. The van der Waals surface area contributed by atoms with E-state index >= 15 is 0 Å². The molecule has 0 spiro atoms. The Balaban J connectivity index is 2.07. The zero-order valence-corrected chi connectivity index (χ0v) is 11.6. The minimum atomic E-state index is -1.14. The first-order valence-electron chi connectivity index (χ1n) is 6.19. The van der Waals surface area contributed by atoms with E-state index in [4.69, 9.17) is 25.5 Å². The first kappa shape index (κ1) is 13.6. The van der Waals surface area contributed by atoms with Gasteiger partial charge in [0.15, 0.2) is 17.2 Å². The lowest BCUT2D eigenvalue weighted by molar-refractivity contribution is -0.0895. The van der Waals surface area contributed by atoms with Crippen LogP contribution < -0.4 is 4.90 Å². The maximum absolute atomic E-state index is 9.67. The molecule has 3 heterocycles. The molecule has 1 atom stereocenters. The van der Waals surface area contributed by atoms with E-state index in [2.05, 4.69) is 9.97 Å². The average molecular weight is 300 g/mol. The Labute approximate surface area is 120 Å². The number of rotatable bonds is 3. The number of aromatic nitrogens is 2. The maximum atomic E-state index is 9.67. The van der Waals surface area contributed by atoms with Crippen molar-refractivity contribution in [1.29, 1.82) is 0 Å². The minimum Gasteiger partial charge on any atom is -0.450 e. The van der Waals surface area contributed by atoms with Gasteiger partial charge in [-0.05, 0) is 11.6 Å². The molecule has 1 N–H and O–H groups in total. The standard InChI is InChI=1S/C12H14ClN3O4/c1-18-11(17)8-6-7-9(20-8)10(15-12(13)14-7)16-2-4-19-5-3-16/h6,11,17H,2-5H2,1H3. The predicted octanol–water partition coefficient (Wildman–Crippen LogP) is 1.35. The van der Waals surface area contributed by atoms with E-state index in [0.717, 1.165) is 0 Å². The SMILES string of the molecule is COC(O)c1cc2nc(Cl)nc(N3CCOCC3)c2o1. The normalized spacial score (nSPS) is 17.6. The van der Waals surface area contributed by atoms with Crippen molar-refractivity contribution in [1.82, 2.24) is 9.97 Å². The van der Waals surface area contributed by atoms with Gasteiger partial charge in [-0.1, -0.05) is 0 Å². The summed E-state index contributed by atoms with van der Waals surface area (Å²) in [6, 6.07) is 1.60. The van der Waals surface area contributed by atoms with Crippen LogP contribution in [0.4, 0.5) is 5.82 Å². The molecule has 0 bridgehead atoms. The Morgan fingerprint density at radius 2 is 2.15 bits per heavy atom. The van der Waals surface area contributed by atoms with Crippen LogP contribution in [0.2, 0.25) is 5.28 Å². The van der Waals surface area contributed by atoms with Gasteiger partial charge in [-0.2, -0.15) is 4.98 Å². The number of nitrogens with zero attached hydrogens (tertiary/aromatic N) is 3. The highest BCUT2D eigenvalue weighted by atomic mass is 35.5. The van der Waals surface area contributed by atoms with Gasteiger partial charge in [-0.25, -0.2) is 4.98 Å². The molecule has 1 unspecified atom stereocenters. The van der Waals surface area contributed by atoms with Crippen LogP contribution in [0.25, 0.3) is 11.1 Å². The molecule has 7 nitrogen and oxygen atoms in total. The second-order valence-electron chi connectivity index (χ2n) is 4.37. The van der Waals surface area contributed by atoms with Crippen LogP contribution in [0.5, 0.6) is 0 Å². The Hall–Kier alpha value is -1.41. The zero-order chi connectivity index (χ0) is 14.1. The van der Waals surface area contributed by atoms with Crippen molar-refractivity contribution in [3.8, 4) is 0 Å². The number of hydrogen-bond acceptors (Lipinski definition) is 7. The molecule has 1 fully saturated rings. The third kappa shape index (κ3) is 2.45. The summed E-state index contributed by atoms with van der Waals surface area (Å²) in [5.74, 6) is 0.881.